The van der Waals surface area contributed by atoms with E-state index in [0.717, 1.165) is 49.4 Å². The van der Waals surface area contributed by atoms with Gasteiger partial charge in [-0.25, -0.2) is 0 Å². The van der Waals surface area contributed by atoms with Crippen molar-refractivity contribution in [1.82, 2.24) is 0 Å². The molecular formula is C19H30O2. The van der Waals surface area contributed by atoms with Crippen LogP contribution in [0.2, 0.25) is 0 Å². The minimum absolute atomic E-state index is 0.0328. The summed E-state index contributed by atoms with van der Waals surface area (Å²) in [5.41, 5.74) is 0.591. The molecule has 0 aliphatic heterocycles. The van der Waals surface area contributed by atoms with Crippen molar-refractivity contribution in [1.29, 1.82) is 0 Å². The summed E-state index contributed by atoms with van der Waals surface area (Å²) in [6, 6.07) is 0. The predicted octanol–water partition coefficient (Wildman–Crippen LogP) is 3.50. The van der Waals surface area contributed by atoms with E-state index < -0.39 is 0 Å². The third-order valence-electron chi connectivity index (χ3n) is 9.12. The van der Waals surface area contributed by atoms with Crippen LogP contribution in [0.25, 0.3) is 0 Å². The first-order valence-electron chi connectivity index (χ1n) is 9.39. The number of aliphatic hydroxyl groups excluding tert-OH is 1. The quantitative estimate of drug-likeness (QED) is 0.717. The molecule has 0 aromatic carbocycles. The first-order valence-corrected chi connectivity index (χ1v) is 9.39. The third-order valence-corrected chi connectivity index (χ3v) is 9.12. The zero-order valence-electron chi connectivity index (χ0n) is 13.4. The highest BCUT2D eigenvalue weighted by atomic mass is 16.3. The molecule has 0 saturated heterocycles. The van der Waals surface area contributed by atoms with E-state index in [1.165, 1.54) is 38.5 Å². The van der Waals surface area contributed by atoms with Crippen molar-refractivity contribution in [3.8, 4) is 0 Å². The molecule has 118 valence electrons. The molecule has 0 heterocycles. The van der Waals surface area contributed by atoms with Crippen LogP contribution in [0.1, 0.15) is 71.1 Å². The van der Waals surface area contributed by atoms with E-state index in [-0.39, 0.29) is 11.7 Å². The summed E-state index contributed by atoms with van der Waals surface area (Å²) in [5.74, 6) is 3.34. The van der Waals surface area contributed by atoms with Gasteiger partial charge in [0.15, 0.2) is 0 Å². The van der Waals surface area contributed by atoms with Gasteiger partial charge in [-0.1, -0.05) is 6.92 Å². The van der Waals surface area contributed by atoms with Gasteiger partial charge in [-0.15, -0.1) is 0 Å². The SMILES string of the molecule is C[C@]12CC[C@H](O)C[C@@H]1CC[C@@H]1[C@@H]2CC[C@]23C[C@]2(O)CC[C@@H]13. The van der Waals surface area contributed by atoms with Gasteiger partial charge in [-0.05, 0) is 93.3 Å². The molecule has 5 fully saturated rings. The van der Waals surface area contributed by atoms with Gasteiger partial charge in [-0.3, -0.25) is 0 Å². The number of hydrogen-bond donors (Lipinski definition) is 2. The summed E-state index contributed by atoms with van der Waals surface area (Å²) in [7, 11) is 0. The van der Waals surface area contributed by atoms with Gasteiger partial charge >= 0.3 is 0 Å². The van der Waals surface area contributed by atoms with Gasteiger partial charge in [-0.2, -0.15) is 0 Å². The summed E-state index contributed by atoms with van der Waals surface area (Å²) in [5, 5.41) is 20.8. The van der Waals surface area contributed by atoms with Gasteiger partial charge < -0.3 is 10.2 Å². The maximum atomic E-state index is 10.7. The molecule has 5 rings (SSSR count). The minimum Gasteiger partial charge on any atom is -0.393 e. The molecule has 0 aromatic heterocycles. The first kappa shape index (κ1) is 13.4. The zero-order valence-corrected chi connectivity index (χ0v) is 13.4. The normalized spacial score (nSPS) is 65.0. The molecule has 0 amide bonds. The molecule has 5 aliphatic carbocycles. The number of aliphatic hydroxyl groups is 2. The number of rotatable bonds is 0. The molecule has 21 heavy (non-hydrogen) atoms. The third kappa shape index (κ3) is 1.47. The van der Waals surface area contributed by atoms with Crippen LogP contribution >= 0.6 is 0 Å². The molecule has 2 nitrogen and oxygen atoms in total. The summed E-state index contributed by atoms with van der Waals surface area (Å²) < 4.78 is 0. The summed E-state index contributed by atoms with van der Waals surface area (Å²) in [6.45, 7) is 2.55. The lowest BCUT2D eigenvalue weighted by atomic mass is 9.46. The van der Waals surface area contributed by atoms with Crippen molar-refractivity contribution in [2.75, 3.05) is 0 Å². The van der Waals surface area contributed by atoms with Crippen LogP contribution in [0, 0.1) is 34.5 Å². The Balaban J connectivity index is 1.46. The van der Waals surface area contributed by atoms with E-state index in [1.54, 1.807) is 0 Å². The standard InChI is InChI=1S/C19H30O2/c1-17-7-4-13(20)10-12(17)2-3-14-15(17)5-8-18-11-19(18,21)9-6-16(14)18/h12-16,20-21H,2-11H2,1H3/t12-,13-,14+,15-,16-,17-,18+,19+/m0/s1. The first-order chi connectivity index (χ1) is 9.99. The Labute approximate surface area is 128 Å². The Morgan fingerprint density at radius 2 is 1.71 bits per heavy atom. The lowest BCUT2D eigenvalue weighted by Crippen LogP contribution is -2.52. The topological polar surface area (TPSA) is 40.5 Å². The second-order valence-electron chi connectivity index (χ2n) is 9.53. The summed E-state index contributed by atoms with van der Waals surface area (Å²) in [6.07, 6.45) is 12.1. The lowest BCUT2D eigenvalue weighted by molar-refractivity contribution is -0.115. The Kier molecular flexibility index (Phi) is 2.46. The van der Waals surface area contributed by atoms with Gasteiger partial charge in [0.2, 0.25) is 0 Å². The highest BCUT2D eigenvalue weighted by Gasteiger charge is 2.76. The molecule has 8 atom stereocenters. The molecule has 0 aromatic rings. The average molecular weight is 290 g/mol. The van der Waals surface area contributed by atoms with Crippen molar-refractivity contribution < 1.29 is 10.2 Å². The average Bonchev–Trinajstić information content (AvgIpc) is 2.92. The Bertz CT molecular complexity index is 476. The van der Waals surface area contributed by atoms with Crippen LogP contribution in [0.4, 0.5) is 0 Å². The van der Waals surface area contributed by atoms with E-state index in [1.807, 2.05) is 0 Å². The van der Waals surface area contributed by atoms with Gasteiger partial charge in [0, 0.05) is 5.41 Å². The molecule has 1 spiro atoms. The van der Waals surface area contributed by atoms with Crippen molar-refractivity contribution >= 4 is 0 Å². The van der Waals surface area contributed by atoms with E-state index in [9.17, 15) is 10.2 Å². The smallest absolute Gasteiger partial charge is 0.0714 e. The van der Waals surface area contributed by atoms with Gasteiger partial charge in [0.1, 0.15) is 0 Å². The molecule has 2 N–H and O–H groups in total. The fourth-order valence-electron chi connectivity index (χ4n) is 7.95. The number of fused-ring (bicyclic) bond motifs is 4. The molecule has 0 bridgehead atoms. The second kappa shape index (κ2) is 3.87. The molecule has 5 aliphatic rings. The maximum Gasteiger partial charge on any atom is 0.0714 e. The fourth-order valence-corrected chi connectivity index (χ4v) is 7.95. The van der Waals surface area contributed by atoms with E-state index in [4.69, 9.17) is 0 Å². The van der Waals surface area contributed by atoms with Crippen LogP contribution < -0.4 is 0 Å². The van der Waals surface area contributed by atoms with Gasteiger partial charge in [0.25, 0.3) is 0 Å². The molecular weight excluding hydrogens is 260 g/mol. The highest BCUT2D eigenvalue weighted by Crippen LogP contribution is 2.78. The molecule has 5 saturated carbocycles. The van der Waals surface area contributed by atoms with Crippen LogP contribution in [0.5, 0.6) is 0 Å². The summed E-state index contributed by atoms with van der Waals surface area (Å²) in [4.78, 5) is 0. The maximum absolute atomic E-state index is 10.7. The zero-order chi connectivity index (χ0) is 14.5. The van der Waals surface area contributed by atoms with E-state index >= 15 is 0 Å². The number of hydrogen-bond acceptors (Lipinski definition) is 2. The van der Waals surface area contributed by atoms with Crippen molar-refractivity contribution in [3.05, 3.63) is 0 Å². The van der Waals surface area contributed by atoms with Crippen LogP contribution in [0.3, 0.4) is 0 Å². The Morgan fingerprint density at radius 3 is 2.52 bits per heavy atom. The van der Waals surface area contributed by atoms with Crippen molar-refractivity contribution in [3.63, 3.8) is 0 Å². The van der Waals surface area contributed by atoms with Crippen LogP contribution in [0.15, 0.2) is 0 Å². The van der Waals surface area contributed by atoms with Crippen molar-refractivity contribution in [2.45, 2.75) is 82.8 Å². The largest absolute Gasteiger partial charge is 0.393 e. The minimum atomic E-state index is -0.247. The van der Waals surface area contributed by atoms with Gasteiger partial charge in [0.05, 0.1) is 11.7 Å². The molecule has 0 radical (unpaired) electrons. The predicted molar refractivity (Wildman–Crippen MR) is 81.6 cm³/mol. The monoisotopic (exact) mass is 290 g/mol. The van der Waals surface area contributed by atoms with Crippen LogP contribution in [-0.4, -0.2) is 21.9 Å². The highest BCUT2D eigenvalue weighted by molar-refractivity contribution is 5.26. The second-order valence-corrected chi connectivity index (χ2v) is 9.53. The Hall–Kier alpha value is -0.0800. The van der Waals surface area contributed by atoms with Crippen LogP contribution in [-0.2, 0) is 0 Å². The molecule has 2 heteroatoms. The van der Waals surface area contributed by atoms with Crippen molar-refractivity contribution in [2.24, 2.45) is 34.5 Å². The van der Waals surface area contributed by atoms with E-state index in [0.29, 0.717) is 10.8 Å². The summed E-state index contributed by atoms with van der Waals surface area (Å²) >= 11 is 0. The fraction of sp³-hybridized carbons (Fsp3) is 1.00. The molecule has 0 unspecified atom stereocenters. The Morgan fingerprint density at radius 1 is 0.905 bits per heavy atom. The van der Waals surface area contributed by atoms with E-state index in [2.05, 4.69) is 6.92 Å². The lowest BCUT2D eigenvalue weighted by Gasteiger charge is -2.59.